The summed E-state index contributed by atoms with van der Waals surface area (Å²) in [4.78, 5) is 23.6. The lowest BCUT2D eigenvalue weighted by atomic mass is 10.1. The Kier molecular flexibility index (Phi) is 8.67. The zero-order valence-electron chi connectivity index (χ0n) is 20.2. The smallest absolute Gasteiger partial charge is 0.408 e. The first-order chi connectivity index (χ1) is 14.9. The molecule has 0 spiro atoms. The average Bonchev–Trinajstić information content (AvgIpc) is 2.68. The fourth-order valence-corrected chi connectivity index (χ4v) is 6.03. The van der Waals surface area contributed by atoms with Crippen molar-refractivity contribution in [2.75, 3.05) is 0 Å². The lowest BCUT2D eigenvalue weighted by Gasteiger charge is -2.24. The molecule has 1 atom stereocenters. The van der Waals surface area contributed by atoms with Crippen molar-refractivity contribution >= 4 is 25.3 Å². The molecule has 0 aliphatic carbocycles. The van der Waals surface area contributed by atoms with Crippen LogP contribution in [0.3, 0.4) is 0 Å². The predicted molar refractivity (Wildman–Crippen MR) is 132 cm³/mol. The first-order valence-corrected chi connectivity index (χ1v) is 14.4. The number of carboxylic acids is 1. The van der Waals surface area contributed by atoms with Gasteiger partial charge in [-0.1, -0.05) is 84.8 Å². The fourth-order valence-electron chi connectivity index (χ4n) is 3.61. The molecule has 0 unspecified atom stereocenters. The second kappa shape index (κ2) is 10.8. The van der Waals surface area contributed by atoms with E-state index in [2.05, 4.69) is 61.7 Å². The molecule has 5 nitrogen and oxygen atoms in total. The number of alkyl carbamates (subject to hydrolysis) is 1. The quantitative estimate of drug-likeness (QED) is 0.518. The molecule has 0 fully saturated rings. The van der Waals surface area contributed by atoms with Gasteiger partial charge in [-0.3, -0.25) is 0 Å². The van der Waals surface area contributed by atoms with E-state index in [0.717, 1.165) is 18.4 Å². The molecule has 0 radical (unpaired) electrons. The zero-order valence-corrected chi connectivity index (χ0v) is 21.2. The molecule has 0 aromatic heterocycles. The summed E-state index contributed by atoms with van der Waals surface area (Å²) < 4.78 is 5.19. The van der Waals surface area contributed by atoms with Crippen LogP contribution < -0.4 is 10.5 Å². The van der Waals surface area contributed by atoms with Crippen molar-refractivity contribution in [3.8, 4) is 0 Å². The maximum absolute atomic E-state index is 12.0. The van der Waals surface area contributed by atoms with Gasteiger partial charge in [-0.15, -0.1) is 0 Å². The van der Waals surface area contributed by atoms with E-state index in [1.807, 2.05) is 12.1 Å². The van der Waals surface area contributed by atoms with Crippen molar-refractivity contribution < 1.29 is 19.4 Å². The monoisotopic (exact) mass is 455 g/mol. The van der Waals surface area contributed by atoms with Gasteiger partial charge in [0.05, 0.1) is 8.07 Å². The van der Waals surface area contributed by atoms with E-state index < -0.39 is 31.8 Å². The minimum atomic E-state index is -1.59. The van der Waals surface area contributed by atoms with E-state index in [-0.39, 0.29) is 6.42 Å². The molecule has 0 heterocycles. The Morgan fingerprint density at radius 1 is 1.00 bits per heavy atom. The van der Waals surface area contributed by atoms with E-state index >= 15 is 0 Å². The number of aryl methyl sites for hydroxylation is 2. The molecule has 0 aliphatic rings. The predicted octanol–water partition coefficient (Wildman–Crippen LogP) is 5.06. The minimum Gasteiger partial charge on any atom is -0.480 e. The van der Waals surface area contributed by atoms with Gasteiger partial charge in [0.1, 0.15) is 11.6 Å². The third-order valence-corrected chi connectivity index (χ3v) is 9.05. The molecule has 0 saturated carbocycles. The number of nitrogens with one attached hydrogen (secondary N) is 1. The normalized spacial score (nSPS) is 12.8. The molecular formula is C26H37NO4Si. The van der Waals surface area contributed by atoms with Crippen molar-refractivity contribution in [3.05, 3.63) is 65.2 Å². The van der Waals surface area contributed by atoms with E-state index in [4.69, 9.17) is 4.74 Å². The molecule has 6 heteroatoms. The number of carbonyl (C=O) groups excluding carboxylic acids is 1. The van der Waals surface area contributed by atoms with E-state index in [1.165, 1.54) is 22.4 Å². The summed E-state index contributed by atoms with van der Waals surface area (Å²) in [5, 5.41) is 13.3. The van der Waals surface area contributed by atoms with Gasteiger partial charge < -0.3 is 15.2 Å². The maximum Gasteiger partial charge on any atom is 0.408 e. The first-order valence-electron chi connectivity index (χ1n) is 11.2. The van der Waals surface area contributed by atoms with Gasteiger partial charge >= 0.3 is 12.1 Å². The molecule has 2 aromatic rings. The van der Waals surface area contributed by atoms with E-state index in [1.54, 1.807) is 20.8 Å². The Morgan fingerprint density at radius 3 is 2.09 bits per heavy atom. The largest absolute Gasteiger partial charge is 0.480 e. The summed E-state index contributed by atoms with van der Waals surface area (Å²) in [5.41, 5.74) is 2.87. The number of amides is 1. The van der Waals surface area contributed by atoms with Crippen LogP contribution in [0.5, 0.6) is 0 Å². The number of carboxylic acid groups (broad SMARTS) is 1. The third-order valence-electron chi connectivity index (χ3n) is 5.55. The van der Waals surface area contributed by atoms with Crippen molar-refractivity contribution in [1.29, 1.82) is 0 Å². The number of ether oxygens (including phenoxy) is 1. The highest BCUT2D eigenvalue weighted by atomic mass is 28.3. The molecule has 2 N–H and O–H groups in total. The lowest BCUT2D eigenvalue weighted by molar-refractivity contribution is -0.139. The van der Waals surface area contributed by atoms with Gasteiger partial charge in [0.2, 0.25) is 0 Å². The van der Waals surface area contributed by atoms with Gasteiger partial charge in [0.25, 0.3) is 0 Å². The van der Waals surface area contributed by atoms with Crippen LogP contribution in [0.1, 0.15) is 43.9 Å². The second-order valence-electron chi connectivity index (χ2n) is 10.2. The number of hydrogen-bond acceptors (Lipinski definition) is 3. The van der Waals surface area contributed by atoms with E-state index in [0.29, 0.717) is 0 Å². The number of hydrogen-bond donors (Lipinski definition) is 2. The fraction of sp³-hybridized carbons (Fsp3) is 0.462. The van der Waals surface area contributed by atoms with Crippen molar-refractivity contribution in [2.45, 2.75) is 77.7 Å². The van der Waals surface area contributed by atoms with Gasteiger partial charge in [0, 0.05) is 6.42 Å². The molecule has 174 valence electrons. The summed E-state index contributed by atoms with van der Waals surface area (Å²) in [6.07, 6.45) is 1.74. The van der Waals surface area contributed by atoms with Crippen LogP contribution in [0.4, 0.5) is 4.79 Å². The molecule has 0 aliphatic heterocycles. The van der Waals surface area contributed by atoms with Gasteiger partial charge in [0.15, 0.2) is 0 Å². The van der Waals surface area contributed by atoms with Crippen LogP contribution in [0, 0.1) is 6.92 Å². The average molecular weight is 456 g/mol. The summed E-state index contributed by atoms with van der Waals surface area (Å²) in [6.45, 7) is 12.1. The summed E-state index contributed by atoms with van der Waals surface area (Å²) in [6, 6.07) is 17.1. The van der Waals surface area contributed by atoms with Crippen LogP contribution >= 0.6 is 0 Å². The highest BCUT2D eigenvalue weighted by Gasteiger charge is 2.25. The van der Waals surface area contributed by atoms with Crippen LogP contribution in [0.15, 0.2) is 48.5 Å². The SMILES string of the molecule is Cc1ccc(CCC[Si](C)(C)c2ccc(C[C@H](NC(=O)OC(C)(C)C)C(=O)O)cc2)cc1. The molecule has 2 aromatic carbocycles. The molecule has 2 rings (SSSR count). The number of rotatable bonds is 9. The first kappa shape index (κ1) is 25.7. The second-order valence-corrected chi connectivity index (χ2v) is 15.0. The number of benzene rings is 2. The molecule has 1 amide bonds. The van der Waals surface area contributed by atoms with Crippen molar-refractivity contribution in [2.24, 2.45) is 0 Å². The molecule has 0 bridgehead atoms. The number of aliphatic carboxylic acids is 1. The molecule has 0 saturated heterocycles. The zero-order chi connectivity index (χ0) is 23.9. The maximum atomic E-state index is 12.0. The summed E-state index contributed by atoms with van der Waals surface area (Å²) in [5.74, 6) is -1.08. The van der Waals surface area contributed by atoms with Crippen LogP contribution in [0.25, 0.3) is 0 Å². The van der Waals surface area contributed by atoms with Crippen molar-refractivity contribution in [3.63, 3.8) is 0 Å². The van der Waals surface area contributed by atoms with E-state index in [9.17, 15) is 14.7 Å². The van der Waals surface area contributed by atoms with Crippen LogP contribution in [0.2, 0.25) is 19.1 Å². The Morgan fingerprint density at radius 2 is 1.56 bits per heavy atom. The minimum absolute atomic E-state index is 0.213. The summed E-state index contributed by atoms with van der Waals surface area (Å²) in [7, 11) is -1.59. The Balaban J connectivity index is 1.95. The Bertz CT molecular complexity index is 899. The Labute approximate surface area is 193 Å². The van der Waals surface area contributed by atoms with Crippen LogP contribution in [-0.2, 0) is 22.4 Å². The van der Waals surface area contributed by atoms with Gasteiger partial charge in [-0.05, 0) is 45.2 Å². The summed E-state index contributed by atoms with van der Waals surface area (Å²) >= 11 is 0. The lowest BCUT2D eigenvalue weighted by Crippen LogP contribution is -2.45. The molecule has 32 heavy (non-hydrogen) atoms. The molecular weight excluding hydrogens is 418 g/mol. The topological polar surface area (TPSA) is 75.6 Å². The van der Waals surface area contributed by atoms with Gasteiger partial charge in [-0.2, -0.15) is 0 Å². The van der Waals surface area contributed by atoms with Crippen molar-refractivity contribution in [1.82, 2.24) is 5.32 Å². The standard InChI is InChI=1S/C26H37NO4Si/c1-19-9-11-20(12-10-19)8-7-17-32(5,6)22-15-13-21(14-16-22)18-23(24(28)29)27-25(30)31-26(2,3)4/h9-16,23H,7-8,17-18H2,1-6H3,(H,27,30)(H,28,29)/t23-/m0/s1. The van der Waals surface area contributed by atoms with Crippen LogP contribution in [-0.4, -0.2) is 36.9 Å². The highest BCUT2D eigenvalue weighted by molar-refractivity contribution is 6.89. The van der Waals surface area contributed by atoms with Gasteiger partial charge in [-0.25, -0.2) is 9.59 Å². The Hall–Kier alpha value is -2.60. The highest BCUT2D eigenvalue weighted by Crippen LogP contribution is 2.17. The number of carbonyl (C=O) groups is 2. The third kappa shape index (κ3) is 8.50.